The van der Waals surface area contributed by atoms with E-state index >= 15 is 0 Å². The summed E-state index contributed by atoms with van der Waals surface area (Å²) in [6.45, 7) is 17.5. The molecule has 0 aliphatic carbocycles. The Kier molecular flexibility index (Phi) is 10.4. The summed E-state index contributed by atoms with van der Waals surface area (Å²) in [6, 6.07) is -1.43. The maximum atomic E-state index is 13.6. The van der Waals surface area contributed by atoms with Gasteiger partial charge in [0.15, 0.2) is 0 Å². The summed E-state index contributed by atoms with van der Waals surface area (Å²) >= 11 is 0. The van der Waals surface area contributed by atoms with Gasteiger partial charge in [-0.25, -0.2) is 4.79 Å². The Labute approximate surface area is 189 Å². The van der Waals surface area contributed by atoms with Crippen LogP contribution < -0.4 is 5.32 Å². The van der Waals surface area contributed by atoms with E-state index in [1.165, 1.54) is 7.11 Å². The molecule has 7 nitrogen and oxygen atoms in total. The number of likely N-dealkylation sites (N-methyl/N-ethyl adjacent to an activating group) is 2. The number of nitrogens with zero attached hydrogens (tertiary/aromatic N) is 2. The van der Waals surface area contributed by atoms with Crippen molar-refractivity contribution in [1.82, 2.24) is 15.1 Å². The van der Waals surface area contributed by atoms with Gasteiger partial charge in [-0.15, -0.1) is 0 Å². The van der Waals surface area contributed by atoms with Crippen molar-refractivity contribution < 1.29 is 19.1 Å². The molecular formula is C24H45N3O4. The molecule has 3 atom stereocenters. The van der Waals surface area contributed by atoms with Crippen molar-refractivity contribution in [2.45, 2.75) is 80.4 Å². The highest BCUT2D eigenvalue weighted by atomic mass is 16.5. The van der Waals surface area contributed by atoms with Gasteiger partial charge in [0.2, 0.25) is 11.8 Å². The Morgan fingerprint density at radius 1 is 0.935 bits per heavy atom. The fourth-order valence-electron chi connectivity index (χ4n) is 3.86. The van der Waals surface area contributed by atoms with Gasteiger partial charge in [0.1, 0.15) is 6.04 Å². The average Bonchev–Trinajstić information content (AvgIpc) is 2.59. The van der Waals surface area contributed by atoms with Crippen molar-refractivity contribution in [2.24, 2.45) is 16.7 Å². The molecule has 2 amide bonds. The zero-order valence-corrected chi connectivity index (χ0v) is 21.9. The highest BCUT2D eigenvalue weighted by molar-refractivity contribution is 5.91. The van der Waals surface area contributed by atoms with Gasteiger partial charge in [0.25, 0.3) is 0 Å². The van der Waals surface area contributed by atoms with Crippen molar-refractivity contribution in [1.29, 1.82) is 0 Å². The second kappa shape index (κ2) is 11.1. The van der Waals surface area contributed by atoms with Crippen LogP contribution in [0.4, 0.5) is 0 Å². The third-order valence-electron chi connectivity index (χ3n) is 5.39. The number of esters is 1. The molecular weight excluding hydrogens is 394 g/mol. The number of hydrogen-bond donors (Lipinski definition) is 1. The number of amides is 2. The minimum Gasteiger partial charge on any atom is -0.466 e. The Balaban J connectivity index is 6.02. The topological polar surface area (TPSA) is 79.0 Å². The molecule has 0 saturated carbocycles. The van der Waals surface area contributed by atoms with Crippen LogP contribution in [-0.4, -0.2) is 74.0 Å². The van der Waals surface area contributed by atoms with Crippen LogP contribution in [0.3, 0.4) is 0 Å². The molecule has 0 aromatic heterocycles. The zero-order valence-electron chi connectivity index (χ0n) is 21.9. The summed E-state index contributed by atoms with van der Waals surface area (Å²) in [5.41, 5.74) is -0.359. The van der Waals surface area contributed by atoms with E-state index in [4.69, 9.17) is 4.74 Å². The van der Waals surface area contributed by atoms with Gasteiger partial charge in [-0.2, -0.15) is 0 Å². The van der Waals surface area contributed by atoms with E-state index < -0.39 is 23.5 Å². The number of carbonyl (C=O) groups is 3. The van der Waals surface area contributed by atoms with Crippen LogP contribution in [-0.2, 0) is 19.1 Å². The normalized spacial score (nSPS) is 16.0. The van der Waals surface area contributed by atoms with Crippen LogP contribution in [0.15, 0.2) is 11.6 Å². The van der Waals surface area contributed by atoms with Crippen molar-refractivity contribution in [3.63, 3.8) is 0 Å². The third-order valence-corrected chi connectivity index (χ3v) is 5.39. The molecule has 0 radical (unpaired) electrons. The van der Waals surface area contributed by atoms with Crippen LogP contribution >= 0.6 is 0 Å². The lowest BCUT2D eigenvalue weighted by atomic mass is 9.82. The van der Waals surface area contributed by atoms with Crippen LogP contribution in [0.5, 0.6) is 0 Å². The minimum absolute atomic E-state index is 0.0639. The van der Waals surface area contributed by atoms with Gasteiger partial charge in [0.05, 0.1) is 19.2 Å². The Bertz CT molecular complexity index is 669. The summed E-state index contributed by atoms with van der Waals surface area (Å²) < 4.78 is 4.80. The number of nitrogens with one attached hydrogen (secondary N) is 1. The summed E-state index contributed by atoms with van der Waals surface area (Å²) in [6.07, 6.45) is 1.76. The zero-order chi connectivity index (χ0) is 24.9. The van der Waals surface area contributed by atoms with E-state index in [1.54, 1.807) is 24.9 Å². The van der Waals surface area contributed by atoms with Crippen molar-refractivity contribution >= 4 is 17.8 Å². The van der Waals surface area contributed by atoms with Gasteiger partial charge < -0.3 is 15.0 Å². The van der Waals surface area contributed by atoms with Gasteiger partial charge in [-0.3, -0.25) is 14.5 Å². The highest BCUT2D eigenvalue weighted by Gasteiger charge is 2.40. The Morgan fingerprint density at radius 2 is 1.42 bits per heavy atom. The molecule has 0 fully saturated rings. The SMILES string of the molecule is COC(=O)/C(C)=C/[C@H](C(C)C)N(C)C(=O)[C@@H](NC(=O)[C@@H](N(C)C)C(C)(C)C)C(C)(C)C. The average molecular weight is 440 g/mol. The van der Waals surface area contributed by atoms with E-state index in [1.807, 2.05) is 74.4 Å². The molecule has 0 aromatic carbocycles. The summed E-state index contributed by atoms with van der Waals surface area (Å²) in [5, 5.41) is 3.02. The maximum Gasteiger partial charge on any atom is 0.333 e. The Hall–Kier alpha value is -1.89. The van der Waals surface area contributed by atoms with E-state index in [-0.39, 0.29) is 29.2 Å². The molecule has 7 heteroatoms. The van der Waals surface area contributed by atoms with Crippen molar-refractivity contribution in [3.8, 4) is 0 Å². The second-order valence-corrected chi connectivity index (χ2v) is 11.1. The van der Waals surface area contributed by atoms with Crippen LogP contribution in [0.2, 0.25) is 0 Å². The number of carbonyl (C=O) groups excluding carboxylic acids is 3. The van der Waals surface area contributed by atoms with Crippen molar-refractivity contribution in [3.05, 3.63) is 11.6 Å². The van der Waals surface area contributed by atoms with E-state index in [0.29, 0.717) is 5.57 Å². The molecule has 0 aliphatic heterocycles. The summed E-state index contributed by atoms with van der Waals surface area (Å²) in [4.78, 5) is 42.2. The van der Waals surface area contributed by atoms with Crippen LogP contribution in [0.1, 0.15) is 62.3 Å². The first kappa shape index (κ1) is 29.1. The first-order valence-corrected chi connectivity index (χ1v) is 10.9. The van der Waals surface area contributed by atoms with Crippen LogP contribution in [0, 0.1) is 16.7 Å². The number of rotatable bonds is 8. The molecule has 0 spiro atoms. The monoisotopic (exact) mass is 439 g/mol. The first-order chi connectivity index (χ1) is 13.9. The standard InChI is InChI=1S/C24H45N3O4/c1-15(2)17(14-16(3)22(30)31-13)27(12)21(29)18(23(4,5)6)25-20(28)19(26(10)11)24(7,8)9/h14-15,17-19H,1-13H3,(H,25,28)/b16-14+/t17-,18-,19-/m1/s1. The first-order valence-electron chi connectivity index (χ1n) is 10.9. The minimum atomic E-state index is -0.720. The number of hydrogen-bond acceptors (Lipinski definition) is 5. The maximum absolute atomic E-state index is 13.6. The Morgan fingerprint density at radius 3 is 1.74 bits per heavy atom. The van der Waals surface area contributed by atoms with Gasteiger partial charge in [0, 0.05) is 12.6 Å². The van der Waals surface area contributed by atoms with Crippen LogP contribution in [0.25, 0.3) is 0 Å². The summed E-state index contributed by atoms with van der Waals surface area (Å²) in [7, 11) is 6.78. The lowest BCUT2D eigenvalue weighted by molar-refractivity contribution is -0.142. The van der Waals surface area contributed by atoms with Gasteiger partial charge in [-0.1, -0.05) is 61.5 Å². The smallest absolute Gasteiger partial charge is 0.333 e. The predicted octanol–water partition coefficient (Wildman–Crippen LogP) is 3.10. The predicted molar refractivity (Wildman–Crippen MR) is 125 cm³/mol. The molecule has 1 N–H and O–H groups in total. The largest absolute Gasteiger partial charge is 0.466 e. The number of ether oxygens (including phenoxy) is 1. The lowest BCUT2D eigenvalue weighted by Crippen LogP contribution is -2.60. The van der Waals surface area contributed by atoms with Gasteiger partial charge in [-0.05, 0) is 37.8 Å². The fraction of sp³-hybridized carbons (Fsp3) is 0.792. The molecule has 0 heterocycles. The molecule has 31 heavy (non-hydrogen) atoms. The van der Waals surface area contributed by atoms with Crippen molar-refractivity contribution in [2.75, 3.05) is 28.3 Å². The fourth-order valence-corrected chi connectivity index (χ4v) is 3.86. The van der Waals surface area contributed by atoms with E-state index in [0.717, 1.165) is 0 Å². The molecule has 0 aliphatic rings. The molecule has 180 valence electrons. The summed E-state index contributed by atoms with van der Waals surface area (Å²) in [5.74, 6) is -0.735. The quantitative estimate of drug-likeness (QED) is 0.464. The van der Waals surface area contributed by atoms with Gasteiger partial charge >= 0.3 is 5.97 Å². The van der Waals surface area contributed by atoms with E-state index in [2.05, 4.69) is 5.32 Å². The molecule has 0 saturated heterocycles. The molecule has 0 rings (SSSR count). The number of methoxy groups -OCH3 is 1. The molecule has 0 bridgehead atoms. The molecule has 0 aromatic rings. The molecule has 0 unspecified atom stereocenters. The second-order valence-electron chi connectivity index (χ2n) is 11.1. The third kappa shape index (κ3) is 8.28. The van der Waals surface area contributed by atoms with E-state index in [9.17, 15) is 14.4 Å². The lowest BCUT2D eigenvalue weighted by Gasteiger charge is -2.40. The highest BCUT2D eigenvalue weighted by Crippen LogP contribution is 2.27.